The van der Waals surface area contributed by atoms with E-state index in [1.54, 1.807) is 6.20 Å². The standard InChI is InChI=1S/C22H23N3O/c1-16-5-4-12-25(16)15-17-6-2-7-19(13-17)22(26)24-20-9-10-21-18(14-20)8-3-11-23-21/h2-3,6-11,13-14,16H,4-5,12,15H2,1H3,(H,24,26)/t16-/m0/s1. The molecule has 2 aromatic carbocycles. The fourth-order valence-corrected chi connectivity index (χ4v) is 3.63. The first-order valence-corrected chi connectivity index (χ1v) is 9.18. The van der Waals surface area contributed by atoms with Crippen LogP contribution in [0.4, 0.5) is 5.69 Å². The fourth-order valence-electron chi connectivity index (χ4n) is 3.63. The van der Waals surface area contributed by atoms with Crippen LogP contribution in [0, 0.1) is 0 Å². The zero-order valence-electron chi connectivity index (χ0n) is 15.0. The number of anilines is 1. The molecule has 0 saturated carbocycles. The van der Waals surface area contributed by atoms with E-state index in [1.807, 2.05) is 48.5 Å². The summed E-state index contributed by atoms with van der Waals surface area (Å²) in [5.41, 5.74) is 3.59. The molecule has 1 aliphatic rings. The zero-order chi connectivity index (χ0) is 17.9. The van der Waals surface area contributed by atoms with Gasteiger partial charge in [0.2, 0.25) is 0 Å². The third-order valence-corrected chi connectivity index (χ3v) is 5.13. The average molecular weight is 345 g/mol. The highest BCUT2D eigenvalue weighted by molar-refractivity contribution is 6.05. The predicted octanol–water partition coefficient (Wildman–Crippen LogP) is 4.47. The summed E-state index contributed by atoms with van der Waals surface area (Å²) in [4.78, 5) is 19.5. The van der Waals surface area contributed by atoms with Crippen LogP contribution in [0.2, 0.25) is 0 Å². The number of pyridine rings is 1. The molecule has 1 aliphatic heterocycles. The first kappa shape index (κ1) is 16.7. The molecule has 1 aromatic heterocycles. The molecular formula is C22H23N3O. The molecule has 0 spiro atoms. The van der Waals surface area contributed by atoms with Crippen molar-refractivity contribution < 1.29 is 4.79 Å². The Labute approximate surface area is 153 Å². The Hall–Kier alpha value is -2.72. The number of hydrogen-bond donors (Lipinski definition) is 1. The minimum atomic E-state index is -0.0791. The maximum Gasteiger partial charge on any atom is 0.255 e. The van der Waals surface area contributed by atoms with Gasteiger partial charge in [-0.05, 0) is 68.3 Å². The molecule has 0 bridgehead atoms. The van der Waals surface area contributed by atoms with Crippen LogP contribution in [-0.4, -0.2) is 28.4 Å². The van der Waals surface area contributed by atoms with Crippen LogP contribution < -0.4 is 5.32 Å². The van der Waals surface area contributed by atoms with Crippen molar-refractivity contribution in [3.8, 4) is 0 Å². The van der Waals surface area contributed by atoms with E-state index >= 15 is 0 Å². The Bertz CT molecular complexity index is 937. The van der Waals surface area contributed by atoms with Gasteiger partial charge in [-0.2, -0.15) is 0 Å². The van der Waals surface area contributed by atoms with Gasteiger partial charge in [0.15, 0.2) is 0 Å². The van der Waals surface area contributed by atoms with Gasteiger partial charge in [-0.3, -0.25) is 14.7 Å². The van der Waals surface area contributed by atoms with E-state index < -0.39 is 0 Å². The molecule has 4 nitrogen and oxygen atoms in total. The molecule has 0 unspecified atom stereocenters. The summed E-state index contributed by atoms with van der Waals surface area (Å²) < 4.78 is 0. The summed E-state index contributed by atoms with van der Waals surface area (Å²) in [6.07, 6.45) is 4.29. The quantitative estimate of drug-likeness (QED) is 0.759. The van der Waals surface area contributed by atoms with E-state index in [0.29, 0.717) is 11.6 Å². The van der Waals surface area contributed by atoms with Gasteiger partial charge in [0.25, 0.3) is 5.91 Å². The van der Waals surface area contributed by atoms with E-state index in [1.165, 1.54) is 18.4 Å². The first-order chi connectivity index (χ1) is 12.7. The van der Waals surface area contributed by atoms with Gasteiger partial charge in [-0.25, -0.2) is 0 Å². The molecule has 132 valence electrons. The van der Waals surface area contributed by atoms with Crippen LogP contribution >= 0.6 is 0 Å². The van der Waals surface area contributed by atoms with E-state index in [9.17, 15) is 4.79 Å². The lowest BCUT2D eigenvalue weighted by Gasteiger charge is -2.21. The van der Waals surface area contributed by atoms with Crippen molar-refractivity contribution in [2.24, 2.45) is 0 Å². The molecule has 1 atom stereocenters. The highest BCUT2D eigenvalue weighted by Crippen LogP contribution is 2.21. The third kappa shape index (κ3) is 3.60. The minimum Gasteiger partial charge on any atom is -0.322 e. The number of nitrogens with one attached hydrogen (secondary N) is 1. The van der Waals surface area contributed by atoms with Crippen molar-refractivity contribution >= 4 is 22.5 Å². The van der Waals surface area contributed by atoms with Crippen LogP contribution in [-0.2, 0) is 6.54 Å². The maximum absolute atomic E-state index is 12.7. The summed E-state index contributed by atoms with van der Waals surface area (Å²) in [5.74, 6) is -0.0791. The highest BCUT2D eigenvalue weighted by Gasteiger charge is 2.20. The fraction of sp³-hybridized carbons (Fsp3) is 0.273. The number of carbonyl (C=O) groups is 1. The van der Waals surface area contributed by atoms with Crippen molar-refractivity contribution in [2.75, 3.05) is 11.9 Å². The minimum absolute atomic E-state index is 0.0791. The van der Waals surface area contributed by atoms with E-state index in [4.69, 9.17) is 0 Å². The lowest BCUT2D eigenvalue weighted by atomic mass is 10.1. The van der Waals surface area contributed by atoms with Crippen molar-refractivity contribution in [3.63, 3.8) is 0 Å². The second kappa shape index (κ2) is 7.26. The van der Waals surface area contributed by atoms with Crippen LogP contribution in [0.1, 0.15) is 35.7 Å². The molecule has 0 radical (unpaired) electrons. The summed E-state index contributed by atoms with van der Waals surface area (Å²) in [7, 11) is 0. The molecule has 1 saturated heterocycles. The van der Waals surface area contributed by atoms with Crippen molar-refractivity contribution in [3.05, 3.63) is 71.9 Å². The lowest BCUT2D eigenvalue weighted by molar-refractivity contribution is 0.102. The van der Waals surface area contributed by atoms with Gasteiger partial charge >= 0.3 is 0 Å². The van der Waals surface area contributed by atoms with Gasteiger partial charge in [-0.15, -0.1) is 0 Å². The highest BCUT2D eigenvalue weighted by atomic mass is 16.1. The lowest BCUT2D eigenvalue weighted by Crippen LogP contribution is -2.26. The number of aromatic nitrogens is 1. The number of amides is 1. The molecule has 1 fully saturated rings. The number of rotatable bonds is 4. The Morgan fingerprint density at radius 3 is 2.96 bits per heavy atom. The summed E-state index contributed by atoms with van der Waals surface area (Å²) in [6, 6.07) is 18.2. The van der Waals surface area contributed by atoms with Crippen LogP contribution in [0.25, 0.3) is 10.9 Å². The molecule has 1 N–H and O–H groups in total. The zero-order valence-corrected chi connectivity index (χ0v) is 15.0. The van der Waals surface area contributed by atoms with Gasteiger partial charge in [0.1, 0.15) is 0 Å². The van der Waals surface area contributed by atoms with E-state index in [0.717, 1.165) is 29.7 Å². The van der Waals surface area contributed by atoms with Crippen LogP contribution in [0.3, 0.4) is 0 Å². The number of hydrogen-bond acceptors (Lipinski definition) is 3. The number of nitrogens with zero attached hydrogens (tertiary/aromatic N) is 2. The maximum atomic E-state index is 12.7. The van der Waals surface area contributed by atoms with Crippen LogP contribution in [0.5, 0.6) is 0 Å². The van der Waals surface area contributed by atoms with Gasteiger partial charge in [0, 0.05) is 35.4 Å². The van der Waals surface area contributed by atoms with Crippen molar-refractivity contribution in [1.82, 2.24) is 9.88 Å². The largest absolute Gasteiger partial charge is 0.322 e. The molecular weight excluding hydrogens is 322 g/mol. The smallest absolute Gasteiger partial charge is 0.255 e. The number of likely N-dealkylation sites (tertiary alicyclic amines) is 1. The topological polar surface area (TPSA) is 45.2 Å². The second-order valence-corrected chi connectivity index (χ2v) is 7.03. The molecule has 26 heavy (non-hydrogen) atoms. The Balaban J connectivity index is 1.49. The average Bonchev–Trinajstić information content (AvgIpc) is 3.06. The SMILES string of the molecule is C[C@H]1CCCN1Cc1cccc(C(=O)Nc2ccc3ncccc3c2)c1. The first-order valence-electron chi connectivity index (χ1n) is 9.18. The number of benzene rings is 2. The van der Waals surface area contributed by atoms with Crippen molar-refractivity contribution in [1.29, 1.82) is 0 Å². The van der Waals surface area contributed by atoms with E-state index in [2.05, 4.69) is 28.2 Å². The third-order valence-electron chi connectivity index (χ3n) is 5.13. The predicted molar refractivity (Wildman–Crippen MR) is 105 cm³/mol. The molecule has 1 amide bonds. The monoisotopic (exact) mass is 345 g/mol. The molecule has 4 rings (SSSR count). The summed E-state index contributed by atoms with van der Waals surface area (Å²) in [6.45, 7) is 4.32. The summed E-state index contributed by atoms with van der Waals surface area (Å²) >= 11 is 0. The van der Waals surface area contributed by atoms with Gasteiger partial charge in [-0.1, -0.05) is 18.2 Å². The van der Waals surface area contributed by atoms with Crippen LogP contribution in [0.15, 0.2) is 60.8 Å². The number of carbonyl (C=O) groups excluding carboxylic acids is 1. The second-order valence-electron chi connectivity index (χ2n) is 7.03. The van der Waals surface area contributed by atoms with E-state index in [-0.39, 0.29) is 5.91 Å². The van der Waals surface area contributed by atoms with Gasteiger partial charge < -0.3 is 5.32 Å². The summed E-state index contributed by atoms with van der Waals surface area (Å²) in [5, 5.41) is 4.02. The molecule has 3 aromatic rings. The van der Waals surface area contributed by atoms with Gasteiger partial charge in [0.05, 0.1) is 5.52 Å². The Kier molecular flexibility index (Phi) is 4.67. The Morgan fingerprint density at radius 2 is 2.12 bits per heavy atom. The normalized spacial score (nSPS) is 17.5. The molecule has 0 aliphatic carbocycles. The number of fused-ring (bicyclic) bond motifs is 1. The molecule has 4 heteroatoms. The Morgan fingerprint density at radius 1 is 1.19 bits per heavy atom. The van der Waals surface area contributed by atoms with Crippen molar-refractivity contribution in [2.45, 2.75) is 32.4 Å². The molecule has 2 heterocycles.